The zero-order valence-corrected chi connectivity index (χ0v) is 10.4. The average Bonchev–Trinajstić information content (AvgIpc) is 2.39. The minimum absolute atomic E-state index is 0.139. The molecule has 0 fully saturated rings. The van der Waals surface area contributed by atoms with E-state index in [0.717, 1.165) is 5.69 Å². The summed E-state index contributed by atoms with van der Waals surface area (Å²) < 4.78 is 0. The standard InChI is InChI=1S/C13H14N4O2/c1-8-5-16-9(6-15-8)7-17-12-10(13(18)19)3-2-4-11(12)14/h2-6,17H,7,14H2,1H3,(H,18,19). The van der Waals surface area contributed by atoms with Gasteiger partial charge in [-0.2, -0.15) is 0 Å². The first-order chi connectivity index (χ1) is 9.08. The summed E-state index contributed by atoms with van der Waals surface area (Å²) in [7, 11) is 0. The maximum atomic E-state index is 11.1. The Morgan fingerprint density at radius 1 is 1.37 bits per heavy atom. The third-order valence-electron chi connectivity index (χ3n) is 2.61. The Balaban J connectivity index is 2.19. The molecule has 0 saturated carbocycles. The quantitative estimate of drug-likeness (QED) is 0.721. The molecule has 0 spiro atoms. The molecule has 6 nitrogen and oxygen atoms in total. The number of carboxylic acids is 1. The molecule has 1 heterocycles. The van der Waals surface area contributed by atoms with Crippen LogP contribution in [0.1, 0.15) is 21.7 Å². The van der Waals surface area contributed by atoms with Crippen molar-refractivity contribution in [1.82, 2.24) is 9.97 Å². The van der Waals surface area contributed by atoms with Gasteiger partial charge in [-0.1, -0.05) is 6.07 Å². The lowest BCUT2D eigenvalue weighted by molar-refractivity contribution is 0.0698. The van der Waals surface area contributed by atoms with Gasteiger partial charge in [-0.15, -0.1) is 0 Å². The molecule has 0 unspecified atom stereocenters. The highest BCUT2D eigenvalue weighted by atomic mass is 16.4. The van der Waals surface area contributed by atoms with E-state index in [1.165, 1.54) is 6.07 Å². The largest absolute Gasteiger partial charge is 0.478 e. The highest BCUT2D eigenvalue weighted by Crippen LogP contribution is 2.23. The van der Waals surface area contributed by atoms with Gasteiger partial charge in [0.05, 0.1) is 41.1 Å². The lowest BCUT2D eigenvalue weighted by Crippen LogP contribution is -2.10. The fraction of sp³-hybridized carbons (Fsp3) is 0.154. The second-order valence-electron chi connectivity index (χ2n) is 4.08. The van der Waals surface area contributed by atoms with Crippen molar-refractivity contribution >= 4 is 17.3 Å². The average molecular weight is 258 g/mol. The van der Waals surface area contributed by atoms with Crippen LogP contribution < -0.4 is 11.1 Å². The minimum atomic E-state index is -1.02. The Hall–Kier alpha value is -2.63. The van der Waals surface area contributed by atoms with E-state index < -0.39 is 5.97 Å². The molecule has 0 saturated heterocycles. The van der Waals surface area contributed by atoms with E-state index in [9.17, 15) is 4.79 Å². The number of nitrogen functional groups attached to an aromatic ring is 1. The Morgan fingerprint density at radius 3 is 2.79 bits per heavy atom. The monoisotopic (exact) mass is 258 g/mol. The highest BCUT2D eigenvalue weighted by molar-refractivity contribution is 5.97. The fourth-order valence-corrected chi connectivity index (χ4v) is 1.64. The zero-order chi connectivity index (χ0) is 13.8. The molecule has 4 N–H and O–H groups in total. The molecule has 0 bridgehead atoms. The minimum Gasteiger partial charge on any atom is -0.478 e. The number of carbonyl (C=O) groups is 1. The molecular formula is C13H14N4O2. The number of aromatic carboxylic acids is 1. The van der Waals surface area contributed by atoms with Gasteiger partial charge >= 0.3 is 5.97 Å². The van der Waals surface area contributed by atoms with Crippen LogP contribution in [-0.2, 0) is 6.54 Å². The summed E-state index contributed by atoms with van der Waals surface area (Å²) in [6, 6.07) is 4.76. The van der Waals surface area contributed by atoms with Crippen LogP contribution in [0.5, 0.6) is 0 Å². The summed E-state index contributed by atoms with van der Waals surface area (Å²) in [5.41, 5.74) is 8.25. The van der Waals surface area contributed by atoms with Crippen molar-refractivity contribution in [2.75, 3.05) is 11.1 Å². The molecule has 0 aliphatic heterocycles. The van der Waals surface area contributed by atoms with Crippen LogP contribution in [0.25, 0.3) is 0 Å². The third kappa shape index (κ3) is 2.98. The molecule has 1 aromatic heterocycles. The molecule has 0 aliphatic rings. The molecule has 19 heavy (non-hydrogen) atoms. The predicted molar refractivity (Wildman–Crippen MR) is 71.9 cm³/mol. The van der Waals surface area contributed by atoms with Crippen molar-refractivity contribution in [3.8, 4) is 0 Å². The summed E-state index contributed by atoms with van der Waals surface area (Å²) >= 11 is 0. The predicted octanol–water partition coefficient (Wildman–Crippen LogP) is 1.68. The molecule has 2 rings (SSSR count). The number of hydrogen-bond acceptors (Lipinski definition) is 5. The van der Waals surface area contributed by atoms with E-state index in [4.69, 9.17) is 10.8 Å². The number of nitrogens with zero attached hydrogens (tertiary/aromatic N) is 2. The normalized spacial score (nSPS) is 10.2. The molecule has 0 atom stereocenters. The van der Waals surface area contributed by atoms with Crippen LogP contribution in [0, 0.1) is 6.92 Å². The number of aryl methyl sites for hydroxylation is 1. The van der Waals surface area contributed by atoms with Crippen LogP contribution in [0.15, 0.2) is 30.6 Å². The van der Waals surface area contributed by atoms with Crippen LogP contribution in [0.2, 0.25) is 0 Å². The van der Waals surface area contributed by atoms with E-state index >= 15 is 0 Å². The molecule has 2 aromatic rings. The highest BCUT2D eigenvalue weighted by Gasteiger charge is 2.12. The second-order valence-corrected chi connectivity index (χ2v) is 4.08. The summed E-state index contributed by atoms with van der Waals surface area (Å²) in [5.74, 6) is -1.02. The number of benzene rings is 1. The molecule has 0 aliphatic carbocycles. The molecule has 6 heteroatoms. The summed E-state index contributed by atoms with van der Waals surface area (Å²) in [4.78, 5) is 19.4. The van der Waals surface area contributed by atoms with Crippen molar-refractivity contribution in [2.24, 2.45) is 0 Å². The number of anilines is 2. The number of hydrogen-bond donors (Lipinski definition) is 3. The van der Waals surface area contributed by atoms with Crippen molar-refractivity contribution in [3.63, 3.8) is 0 Å². The summed E-state index contributed by atoms with van der Waals surface area (Å²) in [5, 5.41) is 12.1. The van der Waals surface area contributed by atoms with Crippen molar-refractivity contribution in [3.05, 3.63) is 47.5 Å². The first kappa shape index (κ1) is 12.8. The fourth-order valence-electron chi connectivity index (χ4n) is 1.64. The summed E-state index contributed by atoms with van der Waals surface area (Å²) in [6.45, 7) is 2.21. The van der Waals surface area contributed by atoms with E-state index in [-0.39, 0.29) is 5.56 Å². The van der Waals surface area contributed by atoms with Gasteiger partial charge in [-0.05, 0) is 19.1 Å². The number of nitrogens with two attached hydrogens (primary N) is 1. The summed E-state index contributed by atoms with van der Waals surface area (Å²) in [6.07, 6.45) is 3.30. The van der Waals surface area contributed by atoms with Crippen molar-refractivity contribution in [1.29, 1.82) is 0 Å². The van der Waals surface area contributed by atoms with Gasteiger partial charge in [0, 0.05) is 6.20 Å². The first-order valence-corrected chi connectivity index (χ1v) is 5.71. The maximum Gasteiger partial charge on any atom is 0.337 e. The van der Waals surface area contributed by atoms with E-state index in [2.05, 4.69) is 15.3 Å². The smallest absolute Gasteiger partial charge is 0.337 e. The lowest BCUT2D eigenvalue weighted by atomic mass is 10.1. The molecule has 0 amide bonds. The van der Waals surface area contributed by atoms with Crippen LogP contribution in [-0.4, -0.2) is 21.0 Å². The lowest BCUT2D eigenvalue weighted by Gasteiger charge is -2.11. The number of rotatable bonds is 4. The van der Waals surface area contributed by atoms with Crippen LogP contribution in [0.4, 0.5) is 11.4 Å². The van der Waals surface area contributed by atoms with Gasteiger partial charge in [0.25, 0.3) is 0 Å². The van der Waals surface area contributed by atoms with Crippen molar-refractivity contribution < 1.29 is 9.90 Å². The van der Waals surface area contributed by atoms with Gasteiger partial charge in [-0.25, -0.2) is 4.79 Å². The topological polar surface area (TPSA) is 101 Å². The number of aromatic nitrogens is 2. The van der Waals surface area contributed by atoms with Crippen molar-refractivity contribution in [2.45, 2.75) is 13.5 Å². The zero-order valence-electron chi connectivity index (χ0n) is 10.4. The molecule has 98 valence electrons. The molecule has 0 radical (unpaired) electrons. The molecular weight excluding hydrogens is 244 g/mol. The maximum absolute atomic E-state index is 11.1. The SMILES string of the molecule is Cc1cnc(CNc2c(N)cccc2C(=O)O)cn1. The second kappa shape index (κ2) is 5.34. The van der Waals surface area contributed by atoms with Gasteiger partial charge in [0.1, 0.15) is 0 Å². The number of para-hydroxylation sites is 1. The Labute approximate surface area is 110 Å². The van der Waals surface area contributed by atoms with E-state index in [1.807, 2.05) is 6.92 Å². The Morgan fingerprint density at radius 2 is 2.16 bits per heavy atom. The van der Waals surface area contributed by atoms with Gasteiger partial charge in [0.2, 0.25) is 0 Å². The van der Waals surface area contributed by atoms with E-state index in [0.29, 0.717) is 23.6 Å². The Bertz CT molecular complexity index is 596. The number of carboxylic acid groups (broad SMARTS) is 1. The van der Waals surface area contributed by atoms with Crippen LogP contribution >= 0.6 is 0 Å². The Kier molecular flexibility index (Phi) is 3.61. The van der Waals surface area contributed by atoms with E-state index in [1.54, 1.807) is 24.5 Å². The van der Waals surface area contributed by atoms with Gasteiger partial charge in [-0.3, -0.25) is 9.97 Å². The van der Waals surface area contributed by atoms with Gasteiger partial charge in [0.15, 0.2) is 0 Å². The van der Waals surface area contributed by atoms with Crippen LogP contribution in [0.3, 0.4) is 0 Å². The van der Waals surface area contributed by atoms with Gasteiger partial charge < -0.3 is 16.2 Å². The third-order valence-corrected chi connectivity index (χ3v) is 2.61. The number of nitrogens with one attached hydrogen (secondary N) is 1. The molecule has 1 aromatic carbocycles. The first-order valence-electron chi connectivity index (χ1n) is 5.71.